The molecule has 0 aromatic heterocycles. The van der Waals surface area contributed by atoms with Gasteiger partial charge in [-0.1, -0.05) is 12.1 Å². The van der Waals surface area contributed by atoms with Crippen molar-refractivity contribution < 1.29 is 18.0 Å². The molecule has 0 aliphatic carbocycles. The predicted octanol–water partition coefficient (Wildman–Crippen LogP) is 3.64. The van der Waals surface area contributed by atoms with E-state index in [0.29, 0.717) is 6.07 Å². The summed E-state index contributed by atoms with van der Waals surface area (Å²) in [4.78, 5) is 11.9. The van der Waals surface area contributed by atoms with Gasteiger partial charge in [-0.25, -0.2) is 13.2 Å². The molecule has 1 nitrogen and oxygen atoms in total. The topological polar surface area (TPSA) is 17.1 Å². The molecule has 0 atom stereocenters. The number of hydrogen-bond acceptors (Lipinski definition) is 1. The van der Waals surface area contributed by atoms with Crippen LogP contribution in [0.5, 0.6) is 0 Å². The Bertz CT molecular complexity index is 620. The molecule has 0 bridgehead atoms. The lowest BCUT2D eigenvalue weighted by molar-refractivity contribution is 0.103. The highest BCUT2D eigenvalue weighted by Gasteiger charge is 2.18. The summed E-state index contributed by atoms with van der Waals surface area (Å²) in [6, 6.07) is 6.99. The van der Waals surface area contributed by atoms with Gasteiger partial charge in [0.05, 0.1) is 11.1 Å². The van der Waals surface area contributed by atoms with E-state index in [9.17, 15) is 18.0 Å². The van der Waals surface area contributed by atoms with Crippen LogP contribution in [-0.4, -0.2) is 5.78 Å². The van der Waals surface area contributed by atoms with E-state index in [0.717, 1.165) is 12.1 Å². The van der Waals surface area contributed by atoms with Crippen LogP contribution in [0.15, 0.2) is 36.4 Å². The lowest BCUT2D eigenvalue weighted by Crippen LogP contribution is -2.07. The highest BCUT2D eigenvalue weighted by atomic mass is 19.1. The molecule has 2 rings (SSSR count). The number of aryl methyl sites for hydroxylation is 1. The quantitative estimate of drug-likeness (QED) is 0.743. The molecule has 0 saturated heterocycles. The molecule has 0 spiro atoms. The van der Waals surface area contributed by atoms with Crippen molar-refractivity contribution in [1.82, 2.24) is 0 Å². The van der Waals surface area contributed by atoms with Gasteiger partial charge in [0.2, 0.25) is 0 Å². The second kappa shape index (κ2) is 4.64. The largest absolute Gasteiger partial charge is 0.288 e. The number of rotatable bonds is 2. The molecule has 0 heterocycles. The maximum atomic E-state index is 13.5. The molecule has 0 radical (unpaired) electrons. The second-order valence-corrected chi connectivity index (χ2v) is 3.89. The fourth-order valence-corrected chi connectivity index (χ4v) is 1.62. The first-order valence-electron chi connectivity index (χ1n) is 5.25. The number of carbonyl (C=O) groups excluding carboxylic acids is 1. The standard InChI is InChI=1S/C14H9F3O/c1-8-6-10(13(17)7-12(8)16)14(18)9-4-2-3-5-11(9)15/h2-7H,1H3. The smallest absolute Gasteiger partial charge is 0.198 e. The minimum Gasteiger partial charge on any atom is -0.288 e. The molecular formula is C14H9F3O. The van der Waals surface area contributed by atoms with Crippen molar-refractivity contribution in [3.05, 3.63) is 70.5 Å². The lowest BCUT2D eigenvalue weighted by Gasteiger charge is -2.06. The summed E-state index contributed by atoms with van der Waals surface area (Å²) >= 11 is 0. The Morgan fingerprint density at radius 1 is 0.889 bits per heavy atom. The van der Waals surface area contributed by atoms with Crippen molar-refractivity contribution in [2.75, 3.05) is 0 Å². The van der Waals surface area contributed by atoms with Gasteiger partial charge in [-0.3, -0.25) is 4.79 Å². The van der Waals surface area contributed by atoms with Crippen molar-refractivity contribution in [3.8, 4) is 0 Å². The van der Waals surface area contributed by atoms with E-state index in [1.54, 1.807) is 0 Å². The fraction of sp³-hybridized carbons (Fsp3) is 0.0714. The van der Waals surface area contributed by atoms with E-state index in [-0.39, 0.29) is 16.7 Å². The second-order valence-electron chi connectivity index (χ2n) is 3.89. The molecule has 18 heavy (non-hydrogen) atoms. The Kier molecular flexibility index (Phi) is 3.19. The zero-order valence-electron chi connectivity index (χ0n) is 9.51. The number of hydrogen-bond donors (Lipinski definition) is 0. The van der Waals surface area contributed by atoms with Crippen LogP contribution in [0.2, 0.25) is 0 Å². The van der Waals surface area contributed by atoms with Gasteiger partial charge in [0, 0.05) is 6.07 Å². The summed E-state index contributed by atoms with van der Waals surface area (Å²) in [6.07, 6.45) is 0. The number of carbonyl (C=O) groups is 1. The third-order valence-electron chi connectivity index (χ3n) is 2.61. The highest BCUT2D eigenvalue weighted by molar-refractivity contribution is 6.09. The SMILES string of the molecule is Cc1cc(C(=O)c2ccccc2F)c(F)cc1F. The summed E-state index contributed by atoms with van der Waals surface area (Å²) in [5, 5.41) is 0. The average molecular weight is 250 g/mol. The predicted molar refractivity (Wildman–Crippen MR) is 60.9 cm³/mol. The molecule has 0 N–H and O–H groups in total. The van der Waals surface area contributed by atoms with Crippen molar-refractivity contribution in [2.45, 2.75) is 6.92 Å². The van der Waals surface area contributed by atoms with Gasteiger partial charge in [-0.05, 0) is 30.7 Å². The first kappa shape index (κ1) is 12.4. The van der Waals surface area contributed by atoms with Crippen LogP contribution in [0.25, 0.3) is 0 Å². The molecule has 0 aliphatic rings. The minimum atomic E-state index is -0.994. The van der Waals surface area contributed by atoms with Crippen LogP contribution in [0.4, 0.5) is 13.2 Å². The average Bonchev–Trinajstić information content (AvgIpc) is 2.33. The van der Waals surface area contributed by atoms with Crippen molar-refractivity contribution >= 4 is 5.78 Å². The van der Waals surface area contributed by atoms with E-state index in [4.69, 9.17) is 0 Å². The Labute approximate surface area is 102 Å². The normalized spacial score (nSPS) is 10.4. The number of halogens is 3. The lowest BCUT2D eigenvalue weighted by atomic mass is 10.0. The van der Waals surface area contributed by atoms with Crippen LogP contribution in [0.3, 0.4) is 0 Å². The van der Waals surface area contributed by atoms with Crippen LogP contribution in [0, 0.1) is 24.4 Å². The maximum absolute atomic E-state index is 13.5. The first-order valence-corrected chi connectivity index (χ1v) is 5.25. The van der Waals surface area contributed by atoms with Gasteiger partial charge < -0.3 is 0 Å². The Morgan fingerprint density at radius 2 is 1.56 bits per heavy atom. The summed E-state index contributed by atoms with van der Waals surface area (Å²) in [5.41, 5.74) is -0.433. The zero-order chi connectivity index (χ0) is 13.3. The van der Waals surface area contributed by atoms with Crippen LogP contribution in [-0.2, 0) is 0 Å². The first-order chi connectivity index (χ1) is 8.50. The van der Waals surface area contributed by atoms with E-state index < -0.39 is 23.2 Å². The van der Waals surface area contributed by atoms with E-state index in [1.165, 1.54) is 25.1 Å². The zero-order valence-corrected chi connectivity index (χ0v) is 9.51. The van der Waals surface area contributed by atoms with Gasteiger partial charge in [0.15, 0.2) is 5.78 Å². The van der Waals surface area contributed by atoms with Crippen molar-refractivity contribution in [3.63, 3.8) is 0 Å². The molecule has 0 unspecified atom stereocenters. The number of ketones is 1. The van der Waals surface area contributed by atoms with E-state index in [2.05, 4.69) is 0 Å². The van der Waals surface area contributed by atoms with Crippen LogP contribution >= 0.6 is 0 Å². The van der Waals surface area contributed by atoms with Crippen molar-refractivity contribution in [1.29, 1.82) is 0 Å². The molecule has 0 aliphatic heterocycles. The third kappa shape index (κ3) is 2.14. The number of benzene rings is 2. The summed E-state index contributed by atoms with van der Waals surface area (Å²) in [5.74, 6) is -3.26. The molecule has 0 amide bonds. The van der Waals surface area contributed by atoms with Gasteiger partial charge in [-0.15, -0.1) is 0 Å². The van der Waals surface area contributed by atoms with E-state index in [1.807, 2.05) is 0 Å². The molecule has 0 fully saturated rings. The fourth-order valence-electron chi connectivity index (χ4n) is 1.62. The van der Waals surface area contributed by atoms with E-state index >= 15 is 0 Å². The van der Waals surface area contributed by atoms with Crippen molar-refractivity contribution in [2.24, 2.45) is 0 Å². The molecule has 2 aromatic carbocycles. The highest BCUT2D eigenvalue weighted by Crippen LogP contribution is 2.19. The third-order valence-corrected chi connectivity index (χ3v) is 2.61. The molecule has 0 saturated carbocycles. The molecule has 4 heteroatoms. The minimum absolute atomic E-state index is 0.135. The summed E-state index contributed by atoms with van der Waals surface area (Å²) in [6.45, 7) is 1.41. The molecule has 2 aromatic rings. The van der Waals surface area contributed by atoms with Gasteiger partial charge in [0.25, 0.3) is 0 Å². The van der Waals surface area contributed by atoms with Gasteiger partial charge in [0.1, 0.15) is 17.5 Å². The Hall–Kier alpha value is -2.10. The van der Waals surface area contributed by atoms with Crippen LogP contribution in [0.1, 0.15) is 21.5 Å². The van der Waals surface area contributed by atoms with Gasteiger partial charge in [-0.2, -0.15) is 0 Å². The van der Waals surface area contributed by atoms with Crippen LogP contribution < -0.4 is 0 Å². The van der Waals surface area contributed by atoms with Gasteiger partial charge >= 0.3 is 0 Å². The monoisotopic (exact) mass is 250 g/mol. The molecular weight excluding hydrogens is 241 g/mol. The Balaban J connectivity index is 2.53. The summed E-state index contributed by atoms with van der Waals surface area (Å²) < 4.78 is 40.0. The summed E-state index contributed by atoms with van der Waals surface area (Å²) in [7, 11) is 0. The Morgan fingerprint density at radius 3 is 2.22 bits per heavy atom. The maximum Gasteiger partial charge on any atom is 0.198 e. The molecule has 92 valence electrons.